The molecule has 10 heteroatoms. The molecule has 1 amide bonds. The summed E-state index contributed by atoms with van der Waals surface area (Å²) in [4.78, 5) is 34.8. The molecule has 158 valence electrons. The van der Waals surface area contributed by atoms with Crippen LogP contribution in [0, 0.1) is 0 Å². The summed E-state index contributed by atoms with van der Waals surface area (Å²) in [5, 5.41) is 12.6. The van der Waals surface area contributed by atoms with E-state index in [0.29, 0.717) is 21.6 Å². The highest BCUT2D eigenvalue weighted by Gasteiger charge is 2.38. The molecule has 0 aliphatic heterocycles. The number of H-pyrrole nitrogens is 1. The highest BCUT2D eigenvalue weighted by Crippen LogP contribution is 2.42. The number of amides is 1. The number of thiazole rings is 1. The van der Waals surface area contributed by atoms with Crippen LogP contribution in [0.25, 0.3) is 17.0 Å². The first-order valence-electron chi connectivity index (χ1n) is 9.92. The average molecular weight is 453 g/mol. The number of benzene rings is 1. The number of aromatic amines is 1. The van der Waals surface area contributed by atoms with Gasteiger partial charge in [-0.15, -0.1) is 16.4 Å². The van der Waals surface area contributed by atoms with Gasteiger partial charge in [0, 0.05) is 22.6 Å². The fourth-order valence-corrected chi connectivity index (χ4v) is 5.33. The SMILES string of the molecule is CC[C@]1(C)Cc2ccccc2-c2nc3[nH]nc(SCC(=O)Nc4nccs4)n3c(=O)c21. The van der Waals surface area contributed by atoms with Crippen molar-refractivity contribution in [2.75, 3.05) is 11.1 Å². The Bertz CT molecular complexity index is 1340. The van der Waals surface area contributed by atoms with Gasteiger partial charge in [0.1, 0.15) is 0 Å². The van der Waals surface area contributed by atoms with Gasteiger partial charge in [0.05, 0.1) is 17.0 Å². The van der Waals surface area contributed by atoms with E-state index in [1.165, 1.54) is 33.1 Å². The van der Waals surface area contributed by atoms with Gasteiger partial charge >= 0.3 is 0 Å². The van der Waals surface area contributed by atoms with E-state index < -0.39 is 0 Å². The van der Waals surface area contributed by atoms with E-state index in [1.807, 2.05) is 18.2 Å². The third kappa shape index (κ3) is 3.35. The van der Waals surface area contributed by atoms with Crippen LogP contribution in [-0.4, -0.2) is 36.2 Å². The van der Waals surface area contributed by atoms with E-state index in [4.69, 9.17) is 4.98 Å². The Labute approximate surface area is 186 Å². The maximum atomic E-state index is 13.7. The van der Waals surface area contributed by atoms with Crippen molar-refractivity contribution in [3.05, 3.63) is 57.3 Å². The molecule has 0 fully saturated rings. The van der Waals surface area contributed by atoms with E-state index in [0.717, 1.165) is 24.1 Å². The number of carbonyl (C=O) groups excluding carboxylic acids is 1. The zero-order chi connectivity index (χ0) is 21.6. The Hall–Kier alpha value is -2.98. The zero-order valence-electron chi connectivity index (χ0n) is 17.0. The van der Waals surface area contributed by atoms with Crippen LogP contribution in [0.5, 0.6) is 0 Å². The fraction of sp³-hybridized carbons (Fsp3) is 0.286. The Morgan fingerprint density at radius 2 is 2.23 bits per heavy atom. The standard InChI is InChI=1S/C21H20N6O2S2/c1-3-21(2)10-12-6-4-5-7-13(12)16-15(21)17(29)27-18(24-16)25-26-20(27)31-11-14(28)23-19-22-8-9-30-19/h4-9H,3,10-11H2,1-2H3,(H,24,25)(H,22,23,28)/t21-/m1/s1. The van der Waals surface area contributed by atoms with E-state index >= 15 is 0 Å². The van der Waals surface area contributed by atoms with Crippen molar-refractivity contribution in [1.29, 1.82) is 0 Å². The first-order chi connectivity index (χ1) is 15.0. The molecule has 1 atom stereocenters. The molecule has 1 aliphatic carbocycles. The Kier molecular flexibility index (Phi) is 4.90. The molecule has 0 saturated heterocycles. The summed E-state index contributed by atoms with van der Waals surface area (Å²) in [5.74, 6) is 0.279. The lowest BCUT2D eigenvalue weighted by molar-refractivity contribution is -0.113. The van der Waals surface area contributed by atoms with Crippen LogP contribution < -0.4 is 10.9 Å². The van der Waals surface area contributed by atoms with Crippen LogP contribution in [-0.2, 0) is 16.6 Å². The van der Waals surface area contributed by atoms with Crippen molar-refractivity contribution < 1.29 is 4.79 Å². The van der Waals surface area contributed by atoms with Crippen LogP contribution in [0.4, 0.5) is 5.13 Å². The first-order valence-corrected chi connectivity index (χ1v) is 11.8. The number of thioether (sulfide) groups is 1. The minimum atomic E-state index is -0.323. The van der Waals surface area contributed by atoms with Crippen LogP contribution in [0.1, 0.15) is 31.4 Å². The summed E-state index contributed by atoms with van der Waals surface area (Å²) in [6.45, 7) is 4.21. The van der Waals surface area contributed by atoms with Crippen molar-refractivity contribution >= 4 is 39.9 Å². The highest BCUT2D eigenvalue weighted by atomic mass is 32.2. The second-order valence-corrected chi connectivity index (χ2v) is 9.57. The van der Waals surface area contributed by atoms with Crippen molar-refractivity contribution in [2.24, 2.45) is 0 Å². The van der Waals surface area contributed by atoms with E-state index in [1.54, 1.807) is 11.6 Å². The summed E-state index contributed by atoms with van der Waals surface area (Å²) in [6, 6.07) is 8.11. The summed E-state index contributed by atoms with van der Waals surface area (Å²) in [6.07, 6.45) is 3.23. The predicted molar refractivity (Wildman–Crippen MR) is 122 cm³/mol. The molecule has 3 aromatic heterocycles. The van der Waals surface area contributed by atoms with Crippen molar-refractivity contribution in [3.63, 3.8) is 0 Å². The van der Waals surface area contributed by atoms with Crippen LogP contribution in [0.3, 0.4) is 0 Å². The molecule has 2 N–H and O–H groups in total. The number of aromatic nitrogens is 5. The number of hydrogen-bond donors (Lipinski definition) is 2. The van der Waals surface area contributed by atoms with Gasteiger partial charge in [0.25, 0.3) is 5.56 Å². The number of anilines is 1. The van der Waals surface area contributed by atoms with Crippen LogP contribution in [0.15, 0.2) is 45.8 Å². The molecule has 31 heavy (non-hydrogen) atoms. The zero-order valence-corrected chi connectivity index (χ0v) is 18.6. The fourth-order valence-electron chi connectivity index (χ4n) is 4.04. The Morgan fingerprint density at radius 3 is 3.00 bits per heavy atom. The third-order valence-corrected chi connectivity index (χ3v) is 7.40. The van der Waals surface area contributed by atoms with Crippen molar-refractivity contribution in [3.8, 4) is 11.3 Å². The summed E-state index contributed by atoms with van der Waals surface area (Å²) >= 11 is 2.54. The number of nitrogens with zero attached hydrogens (tertiary/aromatic N) is 4. The molecular weight excluding hydrogens is 432 g/mol. The van der Waals surface area contributed by atoms with E-state index in [2.05, 4.69) is 40.4 Å². The molecule has 0 bridgehead atoms. The minimum Gasteiger partial charge on any atom is -0.301 e. The van der Waals surface area contributed by atoms with Gasteiger partial charge in [-0.05, 0) is 18.4 Å². The lowest BCUT2D eigenvalue weighted by Gasteiger charge is -2.34. The topological polar surface area (TPSA) is 105 Å². The lowest BCUT2D eigenvalue weighted by Crippen LogP contribution is -2.37. The van der Waals surface area contributed by atoms with Gasteiger partial charge in [-0.2, -0.15) is 0 Å². The number of rotatable bonds is 5. The van der Waals surface area contributed by atoms with Gasteiger partial charge in [-0.25, -0.2) is 19.5 Å². The average Bonchev–Trinajstić information content (AvgIpc) is 3.42. The maximum Gasteiger partial charge on any atom is 0.265 e. The summed E-state index contributed by atoms with van der Waals surface area (Å²) < 4.78 is 1.49. The number of hydrogen-bond acceptors (Lipinski definition) is 7. The monoisotopic (exact) mass is 452 g/mol. The highest BCUT2D eigenvalue weighted by molar-refractivity contribution is 7.99. The van der Waals surface area contributed by atoms with Crippen molar-refractivity contribution in [1.82, 2.24) is 24.6 Å². The van der Waals surface area contributed by atoms with Gasteiger partial charge < -0.3 is 5.32 Å². The molecule has 5 rings (SSSR count). The minimum absolute atomic E-state index is 0.108. The molecule has 4 aromatic rings. The van der Waals surface area contributed by atoms with E-state index in [-0.39, 0.29) is 22.6 Å². The molecule has 0 saturated carbocycles. The molecule has 1 aromatic carbocycles. The van der Waals surface area contributed by atoms with Gasteiger partial charge in [0.15, 0.2) is 10.3 Å². The molecule has 1 aliphatic rings. The van der Waals surface area contributed by atoms with Crippen molar-refractivity contribution in [2.45, 2.75) is 37.3 Å². The lowest BCUT2D eigenvalue weighted by atomic mass is 9.69. The van der Waals surface area contributed by atoms with Crippen LogP contribution in [0.2, 0.25) is 0 Å². The smallest absolute Gasteiger partial charge is 0.265 e. The summed E-state index contributed by atoms with van der Waals surface area (Å²) in [5.41, 5.74) is 3.17. The van der Waals surface area contributed by atoms with Gasteiger partial charge in [0.2, 0.25) is 11.7 Å². The molecule has 0 radical (unpaired) electrons. The first kappa shape index (κ1) is 20.0. The van der Waals surface area contributed by atoms with Gasteiger partial charge in [-0.1, -0.05) is 49.9 Å². The quantitative estimate of drug-likeness (QED) is 0.449. The molecule has 3 heterocycles. The van der Waals surface area contributed by atoms with E-state index in [9.17, 15) is 9.59 Å². The Morgan fingerprint density at radius 1 is 1.39 bits per heavy atom. The molecule has 0 unspecified atom stereocenters. The second kappa shape index (κ2) is 7.61. The molecule has 8 nitrogen and oxygen atoms in total. The molecule has 0 spiro atoms. The normalized spacial score (nSPS) is 17.4. The number of carbonyl (C=O) groups is 1. The number of fused-ring (bicyclic) bond motifs is 4. The van der Waals surface area contributed by atoms with Gasteiger partial charge in [-0.3, -0.25) is 9.59 Å². The summed E-state index contributed by atoms with van der Waals surface area (Å²) in [7, 11) is 0. The Balaban J connectivity index is 1.55. The predicted octanol–water partition coefficient (Wildman–Crippen LogP) is 3.50. The largest absolute Gasteiger partial charge is 0.301 e. The second-order valence-electron chi connectivity index (χ2n) is 7.73. The van der Waals surface area contributed by atoms with Crippen LogP contribution >= 0.6 is 23.1 Å². The third-order valence-electron chi connectivity index (χ3n) is 5.77. The molecular formula is C21H20N6O2S2. The maximum absolute atomic E-state index is 13.7. The number of nitrogens with one attached hydrogen (secondary N) is 2.